The van der Waals surface area contributed by atoms with Crippen molar-refractivity contribution in [2.75, 3.05) is 20.7 Å². The molecule has 2 aromatic rings. The van der Waals surface area contributed by atoms with Crippen molar-refractivity contribution < 1.29 is 28.6 Å². The molecule has 2 heterocycles. The molecule has 0 spiro atoms. The van der Waals surface area contributed by atoms with Gasteiger partial charge in [-0.05, 0) is 74.6 Å². The van der Waals surface area contributed by atoms with E-state index in [1.807, 2.05) is 11.0 Å². The molecule has 2 amide bonds. The minimum atomic E-state index is -1.14. The van der Waals surface area contributed by atoms with Crippen molar-refractivity contribution in [1.29, 1.82) is 0 Å². The Kier molecular flexibility index (Phi) is 5.81. The number of ether oxygens (including phenoxy) is 2. The Balaban J connectivity index is 1.25. The van der Waals surface area contributed by atoms with Gasteiger partial charge in [0.2, 0.25) is 11.8 Å². The van der Waals surface area contributed by atoms with Crippen LogP contribution in [0.15, 0.2) is 41.2 Å². The Labute approximate surface area is 228 Å². The number of hydrogen-bond acceptors (Lipinski definition) is 6. The number of aliphatic hydroxyl groups is 1. The number of furan rings is 1. The van der Waals surface area contributed by atoms with Crippen LogP contribution in [0.3, 0.4) is 0 Å². The zero-order valence-corrected chi connectivity index (χ0v) is 22.5. The van der Waals surface area contributed by atoms with E-state index in [2.05, 4.69) is 6.07 Å². The van der Waals surface area contributed by atoms with Gasteiger partial charge in [-0.15, -0.1) is 0 Å². The van der Waals surface area contributed by atoms with Crippen molar-refractivity contribution in [3.8, 4) is 11.5 Å². The molecule has 1 aliphatic heterocycles. The molecule has 1 N–H and O–H groups in total. The van der Waals surface area contributed by atoms with Gasteiger partial charge in [0.15, 0.2) is 11.5 Å². The number of methoxy groups -OCH3 is 1. The summed E-state index contributed by atoms with van der Waals surface area (Å²) in [7, 11) is 3.43. The molecule has 1 aromatic heterocycles. The number of amides is 2. The first-order valence-corrected chi connectivity index (χ1v) is 14.3. The molecule has 5 atom stereocenters. The van der Waals surface area contributed by atoms with E-state index in [4.69, 9.17) is 13.9 Å². The number of carbonyl (C=O) groups excluding carboxylic acids is 2. The van der Waals surface area contributed by atoms with Gasteiger partial charge in [-0.25, -0.2) is 0 Å². The van der Waals surface area contributed by atoms with Gasteiger partial charge in [-0.1, -0.05) is 6.07 Å². The van der Waals surface area contributed by atoms with Crippen molar-refractivity contribution in [3.05, 3.63) is 53.5 Å². The van der Waals surface area contributed by atoms with Crippen molar-refractivity contribution in [2.45, 2.75) is 74.7 Å². The number of rotatable bonds is 8. The number of hydrogen-bond donors (Lipinski definition) is 1. The van der Waals surface area contributed by atoms with Crippen LogP contribution in [0.1, 0.15) is 61.1 Å². The van der Waals surface area contributed by atoms with Crippen molar-refractivity contribution in [2.24, 2.45) is 11.8 Å². The molecule has 5 aliphatic rings. The van der Waals surface area contributed by atoms with Gasteiger partial charge < -0.3 is 28.8 Å². The van der Waals surface area contributed by atoms with Crippen LogP contribution in [0.25, 0.3) is 6.08 Å². The Bertz CT molecular complexity index is 1310. The third-order valence-corrected chi connectivity index (χ3v) is 9.66. The van der Waals surface area contributed by atoms with E-state index in [1.54, 1.807) is 49.8 Å². The highest BCUT2D eigenvalue weighted by Crippen LogP contribution is 2.60. The summed E-state index contributed by atoms with van der Waals surface area (Å²) in [5, 5.41) is 12.6. The van der Waals surface area contributed by atoms with Crippen LogP contribution < -0.4 is 9.47 Å². The van der Waals surface area contributed by atoms with Gasteiger partial charge in [0.05, 0.1) is 43.2 Å². The standard InChI is InChI=1S/C31H36N2O6/c1-32(25(34)10-5-19-12-14-38-17-19)22-11-13-31(36)24(33(16-18-3-4-18)30(35)20-6-7-20)15-21-8-9-23(37-2)29-26(21)27(31)28(22)39-29/h5,8-10,12,14,17-18,20,22,24,27-28,36H,3-4,6-7,11,13,15-16H2,1-2H3/b10-5+/t22-,24-,27?,28+,31-/m1/s1. The van der Waals surface area contributed by atoms with Crippen molar-refractivity contribution >= 4 is 17.9 Å². The van der Waals surface area contributed by atoms with Crippen molar-refractivity contribution in [1.82, 2.24) is 9.80 Å². The van der Waals surface area contributed by atoms with E-state index in [0.29, 0.717) is 36.7 Å². The molecule has 1 unspecified atom stereocenters. The van der Waals surface area contributed by atoms with E-state index in [9.17, 15) is 14.7 Å². The smallest absolute Gasteiger partial charge is 0.246 e. The number of benzene rings is 1. The lowest BCUT2D eigenvalue weighted by molar-refractivity contribution is -0.158. The second-order valence-electron chi connectivity index (χ2n) is 12.1. The maximum atomic E-state index is 13.6. The van der Waals surface area contributed by atoms with Gasteiger partial charge in [0, 0.05) is 36.7 Å². The third kappa shape index (κ3) is 4.06. The van der Waals surface area contributed by atoms with Gasteiger partial charge in [0.25, 0.3) is 0 Å². The first-order chi connectivity index (χ1) is 18.9. The fourth-order valence-corrected chi connectivity index (χ4v) is 7.21. The molecule has 206 valence electrons. The Hall–Kier alpha value is -3.26. The highest BCUT2D eigenvalue weighted by molar-refractivity contribution is 5.92. The quantitative estimate of drug-likeness (QED) is 0.521. The van der Waals surface area contributed by atoms with E-state index in [0.717, 1.165) is 48.9 Å². The van der Waals surface area contributed by atoms with E-state index < -0.39 is 11.7 Å². The molecule has 4 aliphatic carbocycles. The summed E-state index contributed by atoms with van der Waals surface area (Å²) in [4.78, 5) is 30.6. The summed E-state index contributed by atoms with van der Waals surface area (Å²) < 4.78 is 17.4. The Morgan fingerprint density at radius 2 is 2.00 bits per heavy atom. The summed E-state index contributed by atoms with van der Waals surface area (Å²) in [5.41, 5.74) is 1.77. The summed E-state index contributed by atoms with van der Waals surface area (Å²) in [6.45, 7) is 0.722. The molecule has 8 heteroatoms. The zero-order valence-electron chi connectivity index (χ0n) is 22.5. The van der Waals surface area contributed by atoms with Crippen LogP contribution in [-0.2, 0) is 16.0 Å². The van der Waals surface area contributed by atoms with E-state index in [1.165, 1.54) is 0 Å². The highest BCUT2D eigenvalue weighted by atomic mass is 16.5. The van der Waals surface area contributed by atoms with Gasteiger partial charge >= 0.3 is 0 Å². The number of likely N-dealkylation sites (N-methyl/N-ethyl adjacent to an activating group) is 1. The van der Waals surface area contributed by atoms with E-state index in [-0.39, 0.29) is 35.7 Å². The molecule has 0 radical (unpaired) electrons. The van der Waals surface area contributed by atoms with Gasteiger partial charge in [-0.3, -0.25) is 9.59 Å². The molecule has 0 saturated heterocycles. The minimum Gasteiger partial charge on any atom is -0.493 e. The largest absolute Gasteiger partial charge is 0.493 e. The maximum Gasteiger partial charge on any atom is 0.246 e. The predicted molar refractivity (Wildman–Crippen MR) is 143 cm³/mol. The van der Waals surface area contributed by atoms with Crippen LogP contribution in [0.2, 0.25) is 0 Å². The normalized spacial score (nSPS) is 30.5. The molecular weight excluding hydrogens is 496 g/mol. The molecule has 1 aromatic carbocycles. The summed E-state index contributed by atoms with van der Waals surface area (Å²) in [5.74, 6) is 1.65. The number of carbonyl (C=O) groups is 2. The molecule has 3 fully saturated rings. The topological polar surface area (TPSA) is 92.4 Å². The van der Waals surface area contributed by atoms with Crippen LogP contribution in [0, 0.1) is 11.8 Å². The predicted octanol–water partition coefficient (Wildman–Crippen LogP) is 3.77. The SMILES string of the molecule is COc1ccc2c3c1O[C@@H]1C3[C@@](O)(CC[C@H]1N(C)C(=O)/C=C/c1ccoc1)[C@H](N(CC1CC1)C(=O)C1CC1)C2. The van der Waals surface area contributed by atoms with Crippen LogP contribution >= 0.6 is 0 Å². The molecular formula is C31H36N2O6. The lowest BCUT2D eigenvalue weighted by Gasteiger charge is -2.54. The first kappa shape index (κ1) is 24.8. The first-order valence-electron chi connectivity index (χ1n) is 14.3. The molecule has 3 saturated carbocycles. The molecule has 7 rings (SSSR count). The van der Waals surface area contributed by atoms with Crippen LogP contribution in [0.5, 0.6) is 11.5 Å². The zero-order chi connectivity index (χ0) is 26.9. The Morgan fingerprint density at radius 1 is 1.18 bits per heavy atom. The maximum absolute atomic E-state index is 13.6. The second-order valence-corrected chi connectivity index (χ2v) is 12.1. The molecule has 39 heavy (non-hydrogen) atoms. The average Bonchev–Trinajstić information content (AvgIpc) is 3.86. The number of nitrogens with zero attached hydrogens (tertiary/aromatic N) is 2. The lowest BCUT2D eigenvalue weighted by Crippen LogP contribution is -2.67. The summed E-state index contributed by atoms with van der Waals surface area (Å²) in [6, 6.07) is 5.25. The highest BCUT2D eigenvalue weighted by Gasteiger charge is 2.63. The molecule has 0 bridgehead atoms. The Morgan fingerprint density at radius 3 is 2.69 bits per heavy atom. The summed E-state index contributed by atoms with van der Waals surface area (Å²) >= 11 is 0. The van der Waals surface area contributed by atoms with Crippen LogP contribution in [-0.4, -0.2) is 71.2 Å². The average molecular weight is 533 g/mol. The fraction of sp³-hybridized carbons (Fsp3) is 0.548. The lowest BCUT2D eigenvalue weighted by atomic mass is 9.60. The monoisotopic (exact) mass is 532 g/mol. The minimum absolute atomic E-state index is 0.0953. The van der Waals surface area contributed by atoms with Gasteiger partial charge in [0.1, 0.15) is 6.10 Å². The molecule has 8 nitrogen and oxygen atoms in total. The van der Waals surface area contributed by atoms with E-state index >= 15 is 0 Å². The fourth-order valence-electron chi connectivity index (χ4n) is 7.21. The van der Waals surface area contributed by atoms with Crippen molar-refractivity contribution in [3.63, 3.8) is 0 Å². The summed E-state index contributed by atoms with van der Waals surface area (Å²) in [6.07, 6.45) is 11.9. The van der Waals surface area contributed by atoms with Crippen LogP contribution in [0.4, 0.5) is 0 Å². The van der Waals surface area contributed by atoms with Gasteiger partial charge in [-0.2, -0.15) is 0 Å². The second kappa shape index (κ2) is 9.15. The third-order valence-electron chi connectivity index (χ3n) is 9.66.